The quantitative estimate of drug-likeness (QED) is 0.0328. The summed E-state index contributed by atoms with van der Waals surface area (Å²) in [5.74, 6) is -1.75. The van der Waals surface area contributed by atoms with E-state index in [9.17, 15) is 24.0 Å². The maximum atomic E-state index is 13.0. The van der Waals surface area contributed by atoms with Gasteiger partial charge in [-0.3, -0.25) is 24.0 Å². The Morgan fingerprint density at radius 2 is 0.726 bits per heavy atom. The van der Waals surface area contributed by atoms with Crippen molar-refractivity contribution in [1.29, 1.82) is 0 Å². The van der Waals surface area contributed by atoms with E-state index in [1.165, 1.54) is 64.2 Å². The summed E-state index contributed by atoms with van der Waals surface area (Å²) < 4.78 is 27.8. The molecule has 0 rings (SSSR count). The Kier molecular flexibility index (Phi) is 41.7. The van der Waals surface area contributed by atoms with Gasteiger partial charge in [0.1, 0.15) is 13.2 Å². The van der Waals surface area contributed by atoms with Crippen molar-refractivity contribution in [3.63, 3.8) is 0 Å². The molecular formula is C51H95NO10. The van der Waals surface area contributed by atoms with Crippen LogP contribution in [-0.4, -0.2) is 87.9 Å². The molecule has 0 bridgehead atoms. The zero-order valence-electron chi connectivity index (χ0n) is 40.9. The molecule has 2 atom stereocenters. The topological polar surface area (TPSA) is 135 Å². The van der Waals surface area contributed by atoms with Crippen LogP contribution in [0.4, 0.5) is 0 Å². The van der Waals surface area contributed by atoms with Crippen molar-refractivity contribution >= 4 is 29.8 Å². The normalized spacial score (nSPS) is 12.8. The average Bonchev–Trinajstić information content (AvgIpc) is 3.25. The van der Waals surface area contributed by atoms with Gasteiger partial charge in [-0.1, -0.05) is 156 Å². The van der Waals surface area contributed by atoms with Crippen LogP contribution < -0.4 is 0 Å². The highest BCUT2D eigenvalue weighted by molar-refractivity contribution is 5.73. The molecule has 0 aromatic rings. The van der Waals surface area contributed by atoms with Gasteiger partial charge >= 0.3 is 29.8 Å². The molecule has 0 aliphatic heterocycles. The summed E-state index contributed by atoms with van der Waals surface area (Å²) in [6, 6.07) is 0. The maximum absolute atomic E-state index is 13.0. The van der Waals surface area contributed by atoms with Gasteiger partial charge in [-0.2, -0.15) is 0 Å². The molecular weight excluding hydrogens is 787 g/mol. The van der Waals surface area contributed by atoms with Crippen molar-refractivity contribution in [2.45, 2.75) is 239 Å². The third kappa shape index (κ3) is 37.8. The fraction of sp³-hybridized carbons (Fsp3) is 0.902. The van der Waals surface area contributed by atoms with Crippen LogP contribution in [0.1, 0.15) is 233 Å². The number of carbonyl (C=O) groups is 5. The number of unbranched alkanes of at least 4 members (excludes halogenated alkanes) is 18. The zero-order valence-corrected chi connectivity index (χ0v) is 40.9. The second-order valence-corrected chi connectivity index (χ2v) is 17.8. The highest BCUT2D eigenvalue weighted by Gasteiger charge is 2.22. The van der Waals surface area contributed by atoms with Gasteiger partial charge in [-0.15, -0.1) is 0 Å². The van der Waals surface area contributed by atoms with Crippen LogP contribution in [0.15, 0.2) is 0 Å². The summed E-state index contributed by atoms with van der Waals surface area (Å²) in [5, 5.41) is 0. The first-order chi connectivity index (χ1) is 30.1. The molecule has 62 heavy (non-hydrogen) atoms. The number of hydrogen-bond donors (Lipinski definition) is 0. The minimum Gasteiger partial charge on any atom is -0.465 e. The van der Waals surface area contributed by atoms with Gasteiger partial charge in [0.05, 0.1) is 25.0 Å². The van der Waals surface area contributed by atoms with Crippen LogP contribution >= 0.6 is 0 Å². The SMILES string of the molecule is CCCCCCCCC(CCCCCC)C(=O)OCCCCC(=O)OCC(COC(=O)CCCCOC(=O)C(CCCCCC)CCCCCCCC)OC(=O)CCCN(C)C. The summed E-state index contributed by atoms with van der Waals surface area (Å²) >= 11 is 0. The van der Waals surface area contributed by atoms with Crippen molar-refractivity contribution in [2.75, 3.05) is 47.1 Å². The van der Waals surface area contributed by atoms with Gasteiger partial charge in [0.15, 0.2) is 6.10 Å². The molecule has 2 unspecified atom stereocenters. The number of hydrogen-bond acceptors (Lipinski definition) is 11. The zero-order chi connectivity index (χ0) is 45.9. The molecule has 0 aromatic carbocycles. The molecule has 0 saturated carbocycles. The Balaban J connectivity index is 4.81. The highest BCUT2D eigenvalue weighted by atomic mass is 16.6. The average molecular weight is 882 g/mol. The van der Waals surface area contributed by atoms with E-state index >= 15 is 0 Å². The van der Waals surface area contributed by atoms with Crippen LogP contribution in [0.3, 0.4) is 0 Å². The molecule has 0 fully saturated rings. The molecule has 0 aromatic heterocycles. The molecule has 0 aliphatic rings. The number of nitrogens with zero attached hydrogens (tertiary/aromatic N) is 1. The van der Waals surface area contributed by atoms with E-state index in [1.54, 1.807) is 0 Å². The third-order valence-electron chi connectivity index (χ3n) is 11.5. The highest BCUT2D eigenvalue weighted by Crippen LogP contribution is 2.22. The fourth-order valence-corrected chi connectivity index (χ4v) is 7.48. The van der Waals surface area contributed by atoms with Gasteiger partial charge in [0, 0.05) is 19.3 Å². The second kappa shape index (κ2) is 43.6. The lowest BCUT2D eigenvalue weighted by Gasteiger charge is -2.19. The Morgan fingerprint density at radius 1 is 0.387 bits per heavy atom. The maximum Gasteiger partial charge on any atom is 0.308 e. The summed E-state index contributed by atoms with van der Waals surface area (Å²) in [6.07, 6.45) is 29.0. The predicted molar refractivity (Wildman–Crippen MR) is 250 cm³/mol. The smallest absolute Gasteiger partial charge is 0.308 e. The summed E-state index contributed by atoms with van der Waals surface area (Å²) in [6.45, 7) is 9.58. The predicted octanol–water partition coefficient (Wildman–Crippen LogP) is 12.4. The van der Waals surface area contributed by atoms with Crippen molar-refractivity contribution < 1.29 is 47.7 Å². The van der Waals surface area contributed by atoms with Crippen LogP contribution in [0, 0.1) is 11.8 Å². The lowest BCUT2D eigenvalue weighted by atomic mass is 9.94. The Bertz CT molecular complexity index is 1030. The standard InChI is InChI=1S/C51H95NO10/c1-7-11-15-19-21-25-34-44(32-23-17-13-9-3)50(56)58-40-29-27-36-47(53)60-42-46(62-49(55)38-31-39-52(5)6)43-61-48(54)37-28-30-41-59-51(57)45(33-24-18-14-10-4)35-26-22-20-16-12-8-2/h44-46H,7-43H2,1-6H3. The minimum absolute atomic E-state index is 0.0634. The van der Waals surface area contributed by atoms with E-state index in [2.05, 4.69) is 27.7 Å². The molecule has 0 spiro atoms. The summed E-state index contributed by atoms with van der Waals surface area (Å²) in [5.41, 5.74) is 0. The van der Waals surface area contributed by atoms with E-state index in [1.807, 2.05) is 19.0 Å². The van der Waals surface area contributed by atoms with Crippen LogP contribution in [-0.2, 0) is 47.7 Å². The van der Waals surface area contributed by atoms with Crippen molar-refractivity contribution in [3.8, 4) is 0 Å². The molecule has 0 heterocycles. The van der Waals surface area contributed by atoms with Gasteiger partial charge in [-0.05, 0) is 78.4 Å². The first-order valence-electron chi connectivity index (χ1n) is 25.6. The summed E-state index contributed by atoms with van der Waals surface area (Å²) in [4.78, 5) is 65.8. The molecule has 0 aliphatic carbocycles. The Labute approximate surface area is 379 Å². The number of carbonyl (C=O) groups excluding carboxylic acids is 5. The van der Waals surface area contributed by atoms with Crippen LogP contribution in [0.2, 0.25) is 0 Å². The molecule has 0 amide bonds. The molecule has 11 nitrogen and oxygen atoms in total. The first-order valence-corrected chi connectivity index (χ1v) is 25.6. The fourth-order valence-electron chi connectivity index (χ4n) is 7.48. The van der Waals surface area contributed by atoms with E-state index in [0.717, 1.165) is 89.9 Å². The van der Waals surface area contributed by atoms with Gasteiger partial charge < -0.3 is 28.6 Å². The minimum atomic E-state index is -0.932. The van der Waals surface area contributed by atoms with Crippen molar-refractivity contribution in [1.82, 2.24) is 4.90 Å². The van der Waals surface area contributed by atoms with E-state index < -0.39 is 24.0 Å². The Hall–Kier alpha value is -2.69. The third-order valence-corrected chi connectivity index (χ3v) is 11.5. The lowest BCUT2D eigenvalue weighted by molar-refractivity contribution is -0.167. The van der Waals surface area contributed by atoms with E-state index in [-0.39, 0.29) is 69.5 Å². The van der Waals surface area contributed by atoms with Gasteiger partial charge in [-0.25, -0.2) is 0 Å². The second-order valence-electron chi connectivity index (χ2n) is 17.8. The number of rotatable bonds is 45. The van der Waals surface area contributed by atoms with Crippen LogP contribution in [0.5, 0.6) is 0 Å². The molecule has 0 saturated heterocycles. The van der Waals surface area contributed by atoms with Gasteiger partial charge in [0.25, 0.3) is 0 Å². The van der Waals surface area contributed by atoms with Gasteiger partial charge in [0.2, 0.25) is 0 Å². The van der Waals surface area contributed by atoms with E-state index in [4.69, 9.17) is 23.7 Å². The molecule has 0 N–H and O–H groups in total. The number of esters is 5. The Morgan fingerprint density at radius 3 is 1.10 bits per heavy atom. The van der Waals surface area contributed by atoms with Crippen molar-refractivity contribution in [2.24, 2.45) is 11.8 Å². The van der Waals surface area contributed by atoms with E-state index in [0.29, 0.717) is 38.6 Å². The molecule has 11 heteroatoms. The van der Waals surface area contributed by atoms with Crippen molar-refractivity contribution in [3.05, 3.63) is 0 Å². The molecule has 0 radical (unpaired) electrons. The molecule has 364 valence electrons. The van der Waals surface area contributed by atoms with Crippen LogP contribution in [0.25, 0.3) is 0 Å². The largest absolute Gasteiger partial charge is 0.465 e. The first kappa shape index (κ1) is 59.3. The number of ether oxygens (including phenoxy) is 5. The monoisotopic (exact) mass is 882 g/mol. The summed E-state index contributed by atoms with van der Waals surface area (Å²) in [7, 11) is 3.85. The lowest BCUT2D eigenvalue weighted by Crippen LogP contribution is -2.31.